The van der Waals surface area contributed by atoms with Crippen LogP contribution in [0.2, 0.25) is 0 Å². The van der Waals surface area contributed by atoms with Crippen molar-refractivity contribution in [3.05, 3.63) is 0 Å². The number of nitrogens with zero attached hydrogens (tertiary/aromatic N) is 1. The second kappa shape index (κ2) is 4.49. The lowest BCUT2D eigenvalue weighted by atomic mass is 10.0. The summed E-state index contributed by atoms with van der Waals surface area (Å²) in [4.78, 5) is 13.6. The summed E-state index contributed by atoms with van der Waals surface area (Å²) in [6.45, 7) is 6.41. The van der Waals surface area contributed by atoms with Crippen LogP contribution in [0.15, 0.2) is 0 Å². The molecule has 1 N–H and O–H groups in total. The Balaban J connectivity index is 1.94. The van der Waals surface area contributed by atoms with Gasteiger partial charge in [0.25, 0.3) is 0 Å². The van der Waals surface area contributed by atoms with E-state index in [0.29, 0.717) is 18.6 Å². The van der Waals surface area contributed by atoms with E-state index in [1.54, 1.807) is 0 Å². The van der Waals surface area contributed by atoms with Gasteiger partial charge in [-0.15, -0.1) is 0 Å². The smallest absolute Gasteiger partial charge is 0.237 e. The van der Waals surface area contributed by atoms with Gasteiger partial charge in [0.2, 0.25) is 5.91 Å². The van der Waals surface area contributed by atoms with Gasteiger partial charge in [-0.25, -0.2) is 0 Å². The zero-order chi connectivity index (χ0) is 10.8. The van der Waals surface area contributed by atoms with E-state index in [2.05, 4.69) is 19.2 Å². The number of nitrogens with one attached hydrogen (secondary N) is 1. The zero-order valence-electron chi connectivity index (χ0n) is 9.53. The highest BCUT2D eigenvalue weighted by atomic mass is 16.5. The molecule has 0 aliphatic carbocycles. The third kappa shape index (κ3) is 2.16. The molecule has 15 heavy (non-hydrogen) atoms. The number of amides is 1. The van der Waals surface area contributed by atoms with Gasteiger partial charge in [-0.2, -0.15) is 0 Å². The molecule has 3 unspecified atom stereocenters. The van der Waals surface area contributed by atoms with Gasteiger partial charge >= 0.3 is 0 Å². The number of carbonyl (C=O) groups excluding carboxylic acids is 1. The minimum Gasteiger partial charge on any atom is -0.378 e. The summed E-state index contributed by atoms with van der Waals surface area (Å²) in [6.07, 6.45) is 2.61. The Morgan fingerprint density at radius 3 is 3.00 bits per heavy atom. The molecule has 2 aliphatic rings. The van der Waals surface area contributed by atoms with Crippen molar-refractivity contribution in [2.45, 2.75) is 39.0 Å². The molecule has 2 aliphatic heterocycles. The minimum absolute atomic E-state index is 0.237. The lowest BCUT2D eigenvalue weighted by Gasteiger charge is -2.27. The minimum atomic E-state index is 0.237. The fraction of sp³-hybridized carbons (Fsp3) is 0.909. The van der Waals surface area contributed by atoms with E-state index in [1.807, 2.05) is 4.90 Å². The zero-order valence-corrected chi connectivity index (χ0v) is 9.53. The molecule has 0 aromatic carbocycles. The SMILES string of the molecule is CCC1NCC(=O)N1CC1CCOC1C. The van der Waals surface area contributed by atoms with Gasteiger partial charge in [0, 0.05) is 19.1 Å². The van der Waals surface area contributed by atoms with E-state index >= 15 is 0 Å². The van der Waals surface area contributed by atoms with Gasteiger partial charge in [0.15, 0.2) is 0 Å². The molecule has 2 fully saturated rings. The molecule has 0 spiro atoms. The first-order valence-corrected chi connectivity index (χ1v) is 5.86. The number of ether oxygens (including phenoxy) is 1. The summed E-state index contributed by atoms with van der Waals surface area (Å²) in [6, 6.07) is 0. The molecule has 0 radical (unpaired) electrons. The van der Waals surface area contributed by atoms with Crippen molar-refractivity contribution >= 4 is 5.91 Å². The van der Waals surface area contributed by atoms with Crippen LogP contribution in [0.5, 0.6) is 0 Å². The summed E-state index contributed by atoms with van der Waals surface area (Å²) in [5.74, 6) is 0.754. The molecule has 0 saturated carbocycles. The monoisotopic (exact) mass is 212 g/mol. The number of hydrogen-bond donors (Lipinski definition) is 1. The Labute approximate surface area is 91.0 Å². The topological polar surface area (TPSA) is 41.6 Å². The third-order valence-electron chi connectivity index (χ3n) is 3.54. The van der Waals surface area contributed by atoms with Crippen LogP contribution in [0.4, 0.5) is 0 Å². The molecule has 0 aromatic heterocycles. The Bertz CT molecular complexity index is 245. The predicted molar refractivity (Wildman–Crippen MR) is 57.3 cm³/mol. The van der Waals surface area contributed by atoms with Crippen LogP contribution in [-0.2, 0) is 9.53 Å². The standard InChI is InChI=1S/C11H20N2O2/c1-3-10-12-6-11(14)13(10)7-9-4-5-15-8(9)2/h8-10,12H,3-7H2,1-2H3. The molecule has 4 heteroatoms. The van der Waals surface area contributed by atoms with Gasteiger partial charge in [-0.05, 0) is 19.8 Å². The summed E-state index contributed by atoms with van der Waals surface area (Å²) in [5, 5.41) is 3.23. The summed E-state index contributed by atoms with van der Waals surface area (Å²) >= 11 is 0. The van der Waals surface area contributed by atoms with Crippen molar-refractivity contribution in [1.29, 1.82) is 0 Å². The van der Waals surface area contributed by atoms with Crippen LogP contribution in [-0.4, -0.2) is 42.8 Å². The molecule has 2 saturated heterocycles. The normalized spacial score (nSPS) is 36.5. The van der Waals surface area contributed by atoms with E-state index in [-0.39, 0.29) is 12.1 Å². The lowest BCUT2D eigenvalue weighted by Crippen LogP contribution is -2.41. The quantitative estimate of drug-likeness (QED) is 0.744. The maximum Gasteiger partial charge on any atom is 0.237 e. The molecule has 0 bridgehead atoms. The van der Waals surface area contributed by atoms with Crippen molar-refractivity contribution in [3.8, 4) is 0 Å². The Morgan fingerprint density at radius 1 is 1.60 bits per heavy atom. The molecular formula is C11H20N2O2. The Kier molecular flexibility index (Phi) is 3.26. The van der Waals surface area contributed by atoms with Gasteiger partial charge in [-0.1, -0.05) is 6.92 Å². The van der Waals surface area contributed by atoms with Crippen molar-refractivity contribution in [2.24, 2.45) is 5.92 Å². The van der Waals surface area contributed by atoms with Gasteiger partial charge in [-0.3, -0.25) is 10.1 Å². The average Bonchev–Trinajstić information content (AvgIpc) is 2.77. The fourth-order valence-corrected chi connectivity index (χ4v) is 2.45. The van der Waals surface area contributed by atoms with Crippen molar-refractivity contribution < 1.29 is 9.53 Å². The molecule has 86 valence electrons. The molecule has 2 rings (SSSR count). The summed E-state index contributed by atoms with van der Waals surface area (Å²) in [5.41, 5.74) is 0. The van der Waals surface area contributed by atoms with Crippen LogP contribution in [0.25, 0.3) is 0 Å². The first-order chi connectivity index (χ1) is 7.22. The molecule has 0 aromatic rings. The molecule has 4 nitrogen and oxygen atoms in total. The summed E-state index contributed by atoms with van der Waals surface area (Å²) < 4.78 is 5.52. The third-order valence-corrected chi connectivity index (χ3v) is 3.54. The maximum atomic E-state index is 11.7. The van der Waals surface area contributed by atoms with E-state index in [0.717, 1.165) is 26.0 Å². The van der Waals surface area contributed by atoms with E-state index in [4.69, 9.17) is 4.74 Å². The van der Waals surface area contributed by atoms with Crippen molar-refractivity contribution in [3.63, 3.8) is 0 Å². The van der Waals surface area contributed by atoms with Gasteiger partial charge < -0.3 is 9.64 Å². The van der Waals surface area contributed by atoms with Gasteiger partial charge in [0.1, 0.15) is 0 Å². The first kappa shape index (κ1) is 10.9. The first-order valence-electron chi connectivity index (χ1n) is 5.86. The second-order valence-corrected chi connectivity index (χ2v) is 4.48. The van der Waals surface area contributed by atoms with Gasteiger partial charge in [0.05, 0.1) is 18.8 Å². The second-order valence-electron chi connectivity index (χ2n) is 4.48. The highest BCUT2D eigenvalue weighted by molar-refractivity contribution is 5.80. The predicted octanol–water partition coefficient (Wildman–Crippen LogP) is 0.579. The highest BCUT2D eigenvalue weighted by Gasteiger charge is 2.34. The Morgan fingerprint density at radius 2 is 2.40 bits per heavy atom. The van der Waals surface area contributed by atoms with Crippen molar-refractivity contribution in [2.75, 3.05) is 19.7 Å². The maximum absolute atomic E-state index is 11.7. The Hall–Kier alpha value is -0.610. The largest absolute Gasteiger partial charge is 0.378 e. The average molecular weight is 212 g/mol. The number of hydrogen-bond acceptors (Lipinski definition) is 3. The van der Waals surface area contributed by atoms with Crippen LogP contribution in [0, 0.1) is 5.92 Å². The van der Waals surface area contributed by atoms with Crippen LogP contribution in [0.1, 0.15) is 26.7 Å². The van der Waals surface area contributed by atoms with Crippen LogP contribution in [0.3, 0.4) is 0 Å². The van der Waals surface area contributed by atoms with Crippen LogP contribution >= 0.6 is 0 Å². The van der Waals surface area contributed by atoms with E-state index in [1.165, 1.54) is 0 Å². The highest BCUT2D eigenvalue weighted by Crippen LogP contribution is 2.23. The lowest BCUT2D eigenvalue weighted by molar-refractivity contribution is -0.128. The number of rotatable bonds is 3. The number of carbonyl (C=O) groups is 1. The molecule has 3 atom stereocenters. The molecule has 2 heterocycles. The van der Waals surface area contributed by atoms with Crippen molar-refractivity contribution in [1.82, 2.24) is 10.2 Å². The fourth-order valence-electron chi connectivity index (χ4n) is 2.45. The van der Waals surface area contributed by atoms with Crippen LogP contribution < -0.4 is 5.32 Å². The molecular weight excluding hydrogens is 192 g/mol. The summed E-state index contributed by atoms with van der Waals surface area (Å²) in [7, 11) is 0. The molecule has 1 amide bonds. The van der Waals surface area contributed by atoms with E-state index < -0.39 is 0 Å². The van der Waals surface area contributed by atoms with E-state index in [9.17, 15) is 4.79 Å².